The maximum Gasteiger partial charge on any atom is 0.221 e. The first kappa shape index (κ1) is 11.2. The predicted octanol–water partition coefficient (Wildman–Crippen LogP) is 3.07. The highest BCUT2D eigenvalue weighted by Gasteiger charge is 1.97. The molecule has 0 unspecified atom stereocenters. The van der Waals surface area contributed by atoms with Crippen molar-refractivity contribution in [1.29, 1.82) is 0 Å². The van der Waals surface area contributed by atoms with Crippen LogP contribution in [0.15, 0.2) is 0 Å². The van der Waals surface area contributed by atoms with Gasteiger partial charge in [-0.2, -0.15) is 0 Å². The molecular weight excluding hydrogens is 176 g/mol. The van der Waals surface area contributed by atoms with Gasteiger partial charge in [0.05, 0.1) is 0 Å². The molecule has 0 heterocycles. The van der Waals surface area contributed by atoms with Crippen LogP contribution in [-0.4, -0.2) is 14.0 Å². The summed E-state index contributed by atoms with van der Waals surface area (Å²) < 4.78 is 0. The summed E-state index contributed by atoms with van der Waals surface area (Å²) >= 11 is 5.19. The normalized spacial score (nSPS) is 10.5. The van der Waals surface area contributed by atoms with E-state index in [4.69, 9.17) is 11.6 Å². The van der Waals surface area contributed by atoms with Gasteiger partial charge in [-0.25, -0.2) is 0 Å². The molecule has 0 spiro atoms. The van der Waals surface area contributed by atoms with Gasteiger partial charge in [-0.05, 0) is 18.0 Å². The molecule has 1 radical (unpaired) electrons. The van der Waals surface area contributed by atoms with E-state index >= 15 is 0 Å². The molecule has 0 rings (SSSR count). The van der Waals surface area contributed by atoms with E-state index in [1.54, 1.807) is 0 Å². The third kappa shape index (κ3) is 10.2. The molecule has 0 N–H and O–H groups in total. The fourth-order valence-corrected chi connectivity index (χ4v) is 2.01. The van der Waals surface area contributed by atoms with Crippen LogP contribution in [-0.2, 0) is 4.79 Å². The first-order valence-electron chi connectivity index (χ1n) is 4.10. The molecule has 0 saturated carbocycles. The number of halogens is 1. The molecule has 65 valence electrons. The summed E-state index contributed by atoms with van der Waals surface area (Å²) in [7, 11) is -0.0530. The largest absolute Gasteiger partial charge is 0.281 e. The van der Waals surface area contributed by atoms with E-state index in [-0.39, 0.29) is 14.0 Å². The topological polar surface area (TPSA) is 17.1 Å². The maximum absolute atomic E-state index is 10.3. The minimum atomic E-state index is -0.191. The van der Waals surface area contributed by atoms with Gasteiger partial charge in [0.2, 0.25) is 5.24 Å². The van der Waals surface area contributed by atoms with Gasteiger partial charge in [0, 0.05) is 15.2 Å². The molecule has 0 aliphatic heterocycles. The molecule has 0 aromatic heterocycles. The van der Waals surface area contributed by atoms with Crippen molar-refractivity contribution in [2.24, 2.45) is 0 Å². The van der Waals surface area contributed by atoms with Crippen LogP contribution < -0.4 is 0 Å². The molecule has 1 nitrogen and oxygen atoms in total. The average molecular weight is 192 g/mol. The fraction of sp³-hybridized carbons (Fsp3) is 0.875. The van der Waals surface area contributed by atoms with Crippen molar-refractivity contribution in [2.45, 2.75) is 44.8 Å². The number of carbonyl (C=O) groups is 1. The van der Waals surface area contributed by atoms with Gasteiger partial charge in [-0.3, -0.25) is 4.79 Å². The van der Waals surface area contributed by atoms with Crippen molar-refractivity contribution < 1.29 is 4.79 Å². The van der Waals surface area contributed by atoms with Crippen LogP contribution in [0, 0.1) is 0 Å². The molecule has 0 aliphatic carbocycles. The summed E-state index contributed by atoms with van der Waals surface area (Å²) in [6, 6.07) is 1.36. The summed E-state index contributed by atoms with van der Waals surface area (Å²) in [5.74, 6) is 0. The number of hydrogen-bond acceptors (Lipinski definition) is 1. The van der Waals surface area contributed by atoms with Gasteiger partial charge in [0.1, 0.15) is 0 Å². The van der Waals surface area contributed by atoms with E-state index in [0.717, 1.165) is 12.8 Å². The fourth-order valence-electron chi connectivity index (χ4n) is 0.919. The highest BCUT2D eigenvalue weighted by atomic mass is 35.5. The van der Waals surface area contributed by atoms with Gasteiger partial charge in [0.25, 0.3) is 0 Å². The number of hydrogen-bond donors (Lipinski definition) is 0. The minimum absolute atomic E-state index is 0.0530. The summed E-state index contributed by atoms with van der Waals surface area (Å²) in [6.07, 6.45) is 3.95. The quantitative estimate of drug-likeness (QED) is 0.358. The molecule has 11 heavy (non-hydrogen) atoms. The standard InChI is InChI=1S/C8H16ClOSi/c1-11(2)7-5-3-4-6-8(9)10/h3-7H2,1-2H3. The molecule has 0 atom stereocenters. The minimum Gasteiger partial charge on any atom is -0.281 e. The zero-order valence-corrected chi connectivity index (χ0v) is 9.08. The summed E-state index contributed by atoms with van der Waals surface area (Å²) in [6.45, 7) is 4.63. The number of unbranched alkanes of at least 4 members (excludes halogenated alkanes) is 2. The Labute approximate surface area is 75.7 Å². The zero-order valence-electron chi connectivity index (χ0n) is 7.32. The summed E-state index contributed by atoms with van der Waals surface area (Å²) in [5, 5.41) is -0.191. The lowest BCUT2D eigenvalue weighted by Gasteiger charge is -2.00. The smallest absolute Gasteiger partial charge is 0.221 e. The van der Waals surface area contributed by atoms with E-state index in [1.807, 2.05) is 0 Å². The van der Waals surface area contributed by atoms with Crippen LogP contribution >= 0.6 is 11.6 Å². The highest BCUT2D eigenvalue weighted by molar-refractivity contribution is 6.63. The van der Waals surface area contributed by atoms with E-state index in [1.165, 1.54) is 12.5 Å². The average Bonchev–Trinajstić information content (AvgIpc) is 1.85. The molecule has 0 aromatic rings. The van der Waals surface area contributed by atoms with Crippen molar-refractivity contribution in [2.75, 3.05) is 0 Å². The predicted molar refractivity (Wildman–Crippen MR) is 51.6 cm³/mol. The molecule has 3 heteroatoms. The van der Waals surface area contributed by atoms with Gasteiger partial charge in [0.15, 0.2) is 0 Å². The molecule has 0 saturated heterocycles. The summed E-state index contributed by atoms with van der Waals surface area (Å²) in [5.41, 5.74) is 0. The van der Waals surface area contributed by atoms with Crippen LogP contribution in [0.25, 0.3) is 0 Å². The number of carbonyl (C=O) groups excluding carboxylic acids is 1. The first-order chi connectivity index (χ1) is 5.13. The van der Waals surface area contributed by atoms with Crippen molar-refractivity contribution in [3.05, 3.63) is 0 Å². The lowest BCUT2D eigenvalue weighted by Crippen LogP contribution is -1.98. The SMILES string of the molecule is C[Si](C)CCCCCC(=O)Cl. The Hall–Kier alpha value is 0.177. The van der Waals surface area contributed by atoms with Crippen molar-refractivity contribution >= 4 is 25.6 Å². The third-order valence-corrected chi connectivity index (χ3v) is 3.09. The van der Waals surface area contributed by atoms with Crippen LogP contribution in [0.4, 0.5) is 0 Å². The molecule has 0 bridgehead atoms. The van der Waals surface area contributed by atoms with Crippen LogP contribution in [0.1, 0.15) is 25.7 Å². The van der Waals surface area contributed by atoms with Crippen molar-refractivity contribution in [3.8, 4) is 0 Å². The van der Waals surface area contributed by atoms with Gasteiger partial charge >= 0.3 is 0 Å². The molecular formula is C8H16ClOSi. The Morgan fingerprint density at radius 1 is 1.27 bits per heavy atom. The Balaban J connectivity index is 2.97. The third-order valence-electron chi connectivity index (χ3n) is 1.55. The van der Waals surface area contributed by atoms with Crippen LogP contribution in [0.5, 0.6) is 0 Å². The highest BCUT2D eigenvalue weighted by Crippen LogP contribution is 2.07. The molecule has 0 aliphatic rings. The molecule has 0 aromatic carbocycles. The second kappa shape index (κ2) is 6.86. The van der Waals surface area contributed by atoms with E-state index in [9.17, 15) is 4.79 Å². The van der Waals surface area contributed by atoms with Crippen molar-refractivity contribution in [1.82, 2.24) is 0 Å². The second-order valence-electron chi connectivity index (χ2n) is 3.12. The second-order valence-corrected chi connectivity index (χ2v) is 6.46. The Morgan fingerprint density at radius 3 is 2.36 bits per heavy atom. The van der Waals surface area contributed by atoms with Gasteiger partial charge in [-0.1, -0.05) is 32.0 Å². The molecule has 0 fully saturated rings. The van der Waals surface area contributed by atoms with Crippen LogP contribution in [0.2, 0.25) is 19.1 Å². The Kier molecular flexibility index (Phi) is 6.97. The Bertz CT molecular complexity index is 115. The van der Waals surface area contributed by atoms with E-state index in [0.29, 0.717) is 6.42 Å². The lowest BCUT2D eigenvalue weighted by atomic mass is 10.2. The monoisotopic (exact) mass is 191 g/mol. The van der Waals surface area contributed by atoms with E-state index < -0.39 is 0 Å². The summed E-state index contributed by atoms with van der Waals surface area (Å²) in [4.78, 5) is 10.3. The first-order valence-corrected chi connectivity index (χ1v) is 7.19. The lowest BCUT2D eigenvalue weighted by molar-refractivity contribution is -0.111. The van der Waals surface area contributed by atoms with Crippen molar-refractivity contribution in [3.63, 3.8) is 0 Å². The van der Waals surface area contributed by atoms with Crippen LogP contribution in [0.3, 0.4) is 0 Å². The van der Waals surface area contributed by atoms with Gasteiger partial charge in [-0.15, -0.1) is 0 Å². The molecule has 0 amide bonds. The Morgan fingerprint density at radius 2 is 1.91 bits per heavy atom. The van der Waals surface area contributed by atoms with Gasteiger partial charge < -0.3 is 0 Å². The zero-order chi connectivity index (χ0) is 8.69. The van der Waals surface area contributed by atoms with E-state index in [2.05, 4.69) is 13.1 Å². The maximum atomic E-state index is 10.3. The number of rotatable bonds is 6.